The zero-order valence-corrected chi connectivity index (χ0v) is 11.3. The fourth-order valence-corrected chi connectivity index (χ4v) is 2.73. The lowest BCUT2D eigenvalue weighted by atomic mass is 9.90. The first-order valence-corrected chi connectivity index (χ1v) is 7.20. The summed E-state index contributed by atoms with van der Waals surface area (Å²) in [5, 5.41) is 3.36. The van der Waals surface area contributed by atoms with Gasteiger partial charge in [-0.1, -0.05) is 19.3 Å². The molecule has 100 valence electrons. The summed E-state index contributed by atoms with van der Waals surface area (Å²) in [7, 11) is 0. The Bertz CT molecular complexity index is 330. The van der Waals surface area contributed by atoms with Gasteiger partial charge in [0.05, 0.1) is 12.6 Å². The summed E-state index contributed by atoms with van der Waals surface area (Å²) in [6.07, 6.45) is 11.2. The number of carbonyl (C=O) groups excluding carboxylic acids is 1. The molecule has 2 fully saturated rings. The monoisotopic (exact) mass is 248 g/mol. The van der Waals surface area contributed by atoms with Crippen LogP contribution in [0.4, 0.5) is 0 Å². The Morgan fingerprint density at radius 3 is 2.78 bits per heavy atom. The van der Waals surface area contributed by atoms with Crippen molar-refractivity contribution in [3.05, 3.63) is 0 Å². The van der Waals surface area contributed by atoms with Crippen molar-refractivity contribution in [2.75, 3.05) is 19.6 Å². The molecule has 0 radical (unpaired) electrons. The van der Waals surface area contributed by atoms with Crippen LogP contribution in [-0.4, -0.2) is 36.5 Å². The Morgan fingerprint density at radius 2 is 2.17 bits per heavy atom. The van der Waals surface area contributed by atoms with Crippen molar-refractivity contribution in [1.29, 1.82) is 0 Å². The van der Waals surface area contributed by atoms with Crippen molar-refractivity contribution in [2.45, 2.75) is 45.1 Å². The van der Waals surface area contributed by atoms with E-state index in [1.165, 1.54) is 25.7 Å². The number of piperidine rings is 1. The summed E-state index contributed by atoms with van der Waals surface area (Å²) in [4.78, 5) is 14.4. The van der Waals surface area contributed by atoms with Gasteiger partial charge in [0.1, 0.15) is 0 Å². The Balaban J connectivity index is 1.91. The molecule has 1 aliphatic carbocycles. The van der Waals surface area contributed by atoms with Gasteiger partial charge in [-0.15, -0.1) is 6.42 Å². The Kier molecular flexibility index (Phi) is 4.66. The normalized spacial score (nSPS) is 27.6. The highest BCUT2D eigenvalue weighted by Crippen LogP contribution is 2.30. The molecule has 2 aliphatic rings. The summed E-state index contributed by atoms with van der Waals surface area (Å²) >= 11 is 0. The van der Waals surface area contributed by atoms with E-state index in [2.05, 4.69) is 18.2 Å². The molecule has 0 bridgehead atoms. The van der Waals surface area contributed by atoms with Gasteiger partial charge in [0.25, 0.3) is 0 Å². The van der Waals surface area contributed by atoms with Gasteiger partial charge in [-0.25, -0.2) is 0 Å². The fourth-order valence-electron chi connectivity index (χ4n) is 2.73. The Hall–Kier alpha value is -1.01. The number of terminal acetylenes is 1. The minimum atomic E-state index is -0.00389. The van der Waals surface area contributed by atoms with E-state index >= 15 is 0 Å². The second-order valence-electron chi connectivity index (χ2n) is 5.67. The lowest BCUT2D eigenvalue weighted by Gasteiger charge is -2.32. The number of nitrogens with one attached hydrogen (secondary N) is 1. The molecule has 1 saturated carbocycles. The molecule has 1 saturated heterocycles. The standard InChI is InChI=1S/C15H24N2O/c1-3-9-17(11-13-5-6-13)15(18)14-10-12(4-2)7-8-16-14/h1,12-14,16H,4-11H2,2H3. The van der Waals surface area contributed by atoms with Gasteiger partial charge in [-0.3, -0.25) is 4.79 Å². The highest BCUT2D eigenvalue weighted by molar-refractivity contribution is 5.82. The second-order valence-corrected chi connectivity index (χ2v) is 5.67. The molecule has 0 aromatic heterocycles. The van der Waals surface area contributed by atoms with Crippen molar-refractivity contribution < 1.29 is 4.79 Å². The highest BCUT2D eigenvalue weighted by atomic mass is 16.2. The van der Waals surface area contributed by atoms with Gasteiger partial charge < -0.3 is 10.2 Å². The van der Waals surface area contributed by atoms with E-state index in [4.69, 9.17) is 6.42 Å². The minimum Gasteiger partial charge on any atom is -0.330 e. The molecule has 1 amide bonds. The molecule has 1 N–H and O–H groups in total. The summed E-state index contributed by atoms with van der Waals surface area (Å²) in [6, 6.07) is -0.00389. The average molecular weight is 248 g/mol. The quantitative estimate of drug-likeness (QED) is 0.750. The number of nitrogens with zero attached hydrogens (tertiary/aromatic N) is 1. The first-order chi connectivity index (χ1) is 8.74. The molecule has 0 spiro atoms. The third-order valence-corrected chi connectivity index (χ3v) is 4.16. The zero-order valence-electron chi connectivity index (χ0n) is 11.3. The molecule has 1 heterocycles. The topological polar surface area (TPSA) is 32.3 Å². The smallest absolute Gasteiger partial charge is 0.240 e. The summed E-state index contributed by atoms with van der Waals surface area (Å²) in [5.74, 6) is 4.23. The van der Waals surface area contributed by atoms with E-state index < -0.39 is 0 Å². The van der Waals surface area contributed by atoms with Crippen LogP contribution < -0.4 is 5.32 Å². The van der Waals surface area contributed by atoms with E-state index in [1.54, 1.807) is 0 Å². The summed E-state index contributed by atoms with van der Waals surface area (Å²) in [6.45, 7) is 4.49. The molecule has 2 unspecified atom stereocenters. The molecule has 0 aromatic rings. The highest BCUT2D eigenvalue weighted by Gasteiger charge is 2.32. The van der Waals surface area contributed by atoms with Gasteiger partial charge in [0.2, 0.25) is 5.91 Å². The van der Waals surface area contributed by atoms with Crippen LogP contribution in [0.15, 0.2) is 0 Å². The number of amides is 1. The van der Waals surface area contributed by atoms with Crippen molar-refractivity contribution in [1.82, 2.24) is 10.2 Å². The number of carbonyl (C=O) groups is 1. The second kappa shape index (κ2) is 6.24. The maximum Gasteiger partial charge on any atom is 0.240 e. The van der Waals surface area contributed by atoms with Crippen LogP contribution in [0.5, 0.6) is 0 Å². The van der Waals surface area contributed by atoms with Crippen LogP contribution in [0.1, 0.15) is 39.0 Å². The van der Waals surface area contributed by atoms with E-state index in [1.807, 2.05) is 4.90 Å². The molecular formula is C15H24N2O. The number of rotatable bonds is 5. The van der Waals surface area contributed by atoms with Gasteiger partial charge in [-0.05, 0) is 44.1 Å². The third kappa shape index (κ3) is 3.49. The van der Waals surface area contributed by atoms with Gasteiger partial charge in [0.15, 0.2) is 0 Å². The predicted octanol–water partition coefficient (Wildman–Crippen LogP) is 1.64. The van der Waals surface area contributed by atoms with Crippen molar-refractivity contribution in [3.8, 4) is 12.3 Å². The Morgan fingerprint density at radius 1 is 1.39 bits per heavy atom. The molecular weight excluding hydrogens is 224 g/mol. The maximum absolute atomic E-state index is 12.5. The van der Waals surface area contributed by atoms with Crippen LogP contribution >= 0.6 is 0 Å². The third-order valence-electron chi connectivity index (χ3n) is 4.16. The van der Waals surface area contributed by atoms with Crippen LogP contribution in [0.25, 0.3) is 0 Å². The van der Waals surface area contributed by atoms with E-state index in [0.717, 1.165) is 19.5 Å². The maximum atomic E-state index is 12.5. The zero-order chi connectivity index (χ0) is 13.0. The minimum absolute atomic E-state index is 0.00389. The van der Waals surface area contributed by atoms with E-state index in [0.29, 0.717) is 18.4 Å². The van der Waals surface area contributed by atoms with E-state index in [9.17, 15) is 4.79 Å². The van der Waals surface area contributed by atoms with Crippen LogP contribution in [0.3, 0.4) is 0 Å². The molecule has 0 aromatic carbocycles. The molecule has 1 aliphatic heterocycles. The van der Waals surface area contributed by atoms with Crippen LogP contribution in [0.2, 0.25) is 0 Å². The number of hydrogen-bond donors (Lipinski definition) is 1. The SMILES string of the molecule is C#CCN(CC1CC1)C(=O)C1CC(CC)CCN1. The first-order valence-electron chi connectivity index (χ1n) is 7.20. The van der Waals surface area contributed by atoms with Crippen molar-refractivity contribution in [3.63, 3.8) is 0 Å². The molecule has 3 heteroatoms. The first kappa shape index (κ1) is 13.4. The predicted molar refractivity (Wildman–Crippen MR) is 72.9 cm³/mol. The molecule has 2 atom stereocenters. The van der Waals surface area contributed by atoms with E-state index in [-0.39, 0.29) is 11.9 Å². The van der Waals surface area contributed by atoms with Crippen molar-refractivity contribution >= 4 is 5.91 Å². The Labute approximate surface area is 110 Å². The van der Waals surface area contributed by atoms with Crippen LogP contribution in [0, 0.1) is 24.2 Å². The summed E-state index contributed by atoms with van der Waals surface area (Å²) < 4.78 is 0. The average Bonchev–Trinajstić information content (AvgIpc) is 3.21. The lowest BCUT2D eigenvalue weighted by Crippen LogP contribution is -2.50. The molecule has 18 heavy (non-hydrogen) atoms. The largest absolute Gasteiger partial charge is 0.330 e. The number of hydrogen-bond acceptors (Lipinski definition) is 2. The van der Waals surface area contributed by atoms with Gasteiger partial charge >= 0.3 is 0 Å². The molecule has 2 rings (SSSR count). The van der Waals surface area contributed by atoms with Crippen LogP contribution in [-0.2, 0) is 4.79 Å². The van der Waals surface area contributed by atoms with Crippen molar-refractivity contribution in [2.24, 2.45) is 11.8 Å². The summed E-state index contributed by atoms with van der Waals surface area (Å²) in [5.41, 5.74) is 0. The van der Waals surface area contributed by atoms with Gasteiger partial charge in [-0.2, -0.15) is 0 Å². The fraction of sp³-hybridized carbons (Fsp3) is 0.800. The lowest BCUT2D eigenvalue weighted by molar-refractivity contribution is -0.134. The van der Waals surface area contributed by atoms with Gasteiger partial charge in [0, 0.05) is 6.54 Å². The molecule has 3 nitrogen and oxygen atoms in total.